The van der Waals surface area contributed by atoms with Gasteiger partial charge in [0, 0.05) is 18.8 Å². The average molecular weight is 282 g/mol. The van der Waals surface area contributed by atoms with Crippen LogP contribution in [0.25, 0.3) is 0 Å². The lowest BCUT2D eigenvalue weighted by atomic mass is 9.91. The van der Waals surface area contributed by atoms with Gasteiger partial charge in [0.25, 0.3) is 0 Å². The van der Waals surface area contributed by atoms with Crippen molar-refractivity contribution in [2.24, 2.45) is 11.7 Å². The topological polar surface area (TPSA) is 49.5 Å². The Hall–Kier alpha value is -1.20. The number of nitrogens with two attached hydrogens (primary N) is 1. The first-order valence-electron chi connectivity index (χ1n) is 6.52. The van der Waals surface area contributed by atoms with Crippen molar-refractivity contribution < 1.29 is 9.50 Å². The zero-order valence-corrected chi connectivity index (χ0v) is 11.8. The molecule has 0 aromatic heterocycles. The predicted molar refractivity (Wildman–Crippen MR) is 78.9 cm³/mol. The van der Waals surface area contributed by atoms with Crippen LogP contribution in [0.2, 0.25) is 0 Å². The molecule has 0 aliphatic carbocycles. The van der Waals surface area contributed by atoms with Crippen LogP contribution < -0.4 is 10.6 Å². The molecular formula is C14H19FN2OS. The molecule has 1 aliphatic rings. The number of nitrogens with zero attached hydrogens (tertiary/aromatic N) is 1. The summed E-state index contributed by atoms with van der Waals surface area (Å²) in [5, 5.41) is 9.60. The van der Waals surface area contributed by atoms with E-state index in [0.717, 1.165) is 31.6 Å². The maximum absolute atomic E-state index is 13.8. The zero-order chi connectivity index (χ0) is 14.0. The number of benzene rings is 1. The van der Waals surface area contributed by atoms with Crippen molar-refractivity contribution >= 4 is 22.9 Å². The number of anilines is 1. The molecule has 0 saturated carbocycles. The van der Waals surface area contributed by atoms with Gasteiger partial charge >= 0.3 is 0 Å². The van der Waals surface area contributed by atoms with Gasteiger partial charge in [0.2, 0.25) is 0 Å². The zero-order valence-electron chi connectivity index (χ0n) is 11.0. The highest BCUT2D eigenvalue weighted by Gasteiger charge is 2.25. The Morgan fingerprint density at radius 1 is 1.47 bits per heavy atom. The highest BCUT2D eigenvalue weighted by atomic mass is 32.1. The van der Waals surface area contributed by atoms with Crippen LogP contribution in [0.5, 0.6) is 0 Å². The van der Waals surface area contributed by atoms with E-state index in [1.807, 2.05) is 13.0 Å². The Kier molecular flexibility index (Phi) is 4.37. The Bertz CT molecular complexity index is 471. The van der Waals surface area contributed by atoms with Crippen LogP contribution in [0.4, 0.5) is 10.1 Å². The van der Waals surface area contributed by atoms with Crippen molar-refractivity contribution in [3.63, 3.8) is 0 Å². The van der Waals surface area contributed by atoms with Gasteiger partial charge in [-0.25, -0.2) is 4.39 Å². The van der Waals surface area contributed by atoms with Gasteiger partial charge in [0.05, 0.1) is 11.7 Å². The molecule has 1 saturated heterocycles. The smallest absolute Gasteiger partial charge is 0.135 e. The first-order chi connectivity index (χ1) is 9.00. The van der Waals surface area contributed by atoms with Crippen LogP contribution in [-0.4, -0.2) is 29.3 Å². The van der Waals surface area contributed by atoms with Gasteiger partial charge in [-0.1, -0.05) is 18.3 Å². The summed E-state index contributed by atoms with van der Waals surface area (Å²) in [5.74, 6) is -0.0549. The first kappa shape index (κ1) is 14.2. The van der Waals surface area contributed by atoms with Crippen LogP contribution in [0.15, 0.2) is 18.2 Å². The number of thiocarbonyl (C=S) groups is 1. The minimum Gasteiger partial charge on any atom is -0.393 e. The summed E-state index contributed by atoms with van der Waals surface area (Å²) >= 11 is 4.94. The predicted octanol–water partition coefficient (Wildman–Crippen LogP) is 2.06. The SMILES string of the molecule is CC(O)C1CCN(c2cccc(F)c2C(N)=S)CC1. The maximum Gasteiger partial charge on any atom is 0.135 e. The molecule has 3 nitrogen and oxygen atoms in total. The molecule has 104 valence electrons. The summed E-state index contributed by atoms with van der Waals surface area (Å²) in [6, 6.07) is 4.90. The maximum atomic E-state index is 13.8. The summed E-state index contributed by atoms with van der Waals surface area (Å²) < 4.78 is 13.8. The molecule has 3 N–H and O–H groups in total. The van der Waals surface area contributed by atoms with E-state index in [-0.39, 0.29) is 16.9 Å². The number of aliphatic hydroxyl groups excluding tert-OH is 1. The number of rotatable bonds is 3. The minimum atomic E-state index is -0.373. The van der Waals surface area contributed by atoms with E-state index in [0.29, 0.717) is 11.5 Å². The molecule has 1 unspecified atom stereocenters. The molecule has 0 amide bonds. The Balaban J connectivity index is 2.20. The van der Waals surface area contributed by atoms with Gasteiger partial charge in [-0.2, -0.15) is 0 Å². The molecule has 19 heavy (non-hydrogen) atoms. The molecule has 1 aliphatic heterocycles. The summed E-state index contributed by atoms with van der Waals surface area (Å²) in [6.45, 7) is 3.40. The summed E-state index contributed by atoms with van der Waals surface area (Å²) in [5.41, 5.74) is 6.71. The molecule has 1 aromatic rings. The number of hydrogen-bond donors (Lipinski definition) is 2. The fraction of sp³-hybridized carbons (Fsp3) is 0.500. The minimum absolute atomic E-state index is 0.0887. The lowest BCUT2D eigenvalue weighted by Gasteiger charge is -2.35. The third kappa shape index (κ3) is 3.04. The molecule has 1 atom stereocenters. The second-order valence-corrected chi connectivity index (χ2v) is 5.50. The van der Waals surface area contributed by atoms with E-state index >= 15 is 0 Å². The van der Waals surface area contributed by atoms with Crippen LogP contribution in [-0.2, 0) is 0 Å². The second kappa shape index (κ2) is 5.84. The summed E-state index contributed by atoms with van der Waals surface area (Å²) in [6.07, 6.45) is 1.50. The van der Waals surface area contributed by atoms with Crippen LogP contribution >= 0.6 is 12.2 Å². The Labute approximate surface area is 118 Å². The normalized spacial score (nSPS) is 18.4. The molecule has 0 spiro atoms. The lowest BCUT2D eigenvalue weighted by molar-refractivity contribution is 0.110. The first-order valence-corrected chi connectivity index (χ1v) is 6.93. The van der Waals surface area contributed by atoms with Crippen molar-refractivity contribution in [1.82, 2.24) is 0 Å². The Morgan fingerprint density at radius 2 is 2.11 bits per heavy atom. The van der Waals surface area contributed by atoms with Gasteiger partial charge in [0.1, 0.15) is 10.8 Å². The molecule has 2 rings (SSSR count). The van der Waals surface area contributed by atoms with Gasteiger partial charge in [0.15, 0.2) is 0 Å². The van der Waals surface area contributed by atoms with Gasteiger partial charge in [-0.3, -0.25) is 0 Å². The average Bonchev–Trinajstić information content (AvgIpc) is 2.38. The second-order valence-electron chi connectivity index (χ2n) is 5.06. The number of aliphatic hydroxyl groups is 1. The Morgan fingerprint density at radius 3 is 2.63 bits per heavy atom. The summed E-state index contributed by atoms with van der Waals surface area (Å²) in [7, 11) is 0. The molecule has 1 aromatic carbocycles. The molecule has 0 bridgehead atoms. The third-order valence-electron chi connectivity index (χ3n) is 3.80. The van der Waals surface area contributed by atoms with E-state index in [1.54, 1.807) is 6.07 Å². The van der Waals surface area contributed by atoms with E-state index in [4.69, 9.17) is 18.0 Å². The number of hydrogen-bond acceptors (Lipinski definition) is 3. The van der Waals surface area contributed by atoms with Crippen LogP contribution in [0.3, 0.4) is 0 Å². The van der Waals surface area contributed by atoms with E-state index in [1.165, 1.54) is 6.07 Å². The van der Waals surface area contributed by atoms with Crippen molar-refractivity contribution in [3.05, 3.63) is 29.6 Å². The molecule has 5 heteroatoms. The molecule has 1 heterocycles. The van der Waals surface area contributed by atoms with Crippen molar-refractivity contribution in [1.29, 1.82) is 0 Å². The highest BCUT2D eigenvalue weighted by Crippen LogP contribution is 2.29. The monoisotopic (exact) mass is 282 g/mol. The molecular weight excluding hydrogens is 263 g/mol. The van der Waals surface area contributed by atoms with Crippen LogP contribution in [0.1, 0.15) is 25.3 Å². The lowest BCUT2D eigenvalue weighted by Crippen LogP contribution is -2.38. The van der Waals surface area contributed by atoms with E-state index < -0.39 is 0 Å². The fourth-order valence-corrected chi connectivity index (χ4v) is 2.85. The van der Waals surface area contributed by atoms with Crippen molar-refractivity contribution in [3.8, 4) is 0 Å². The number of halogens is 1. The van der Waals surface area contributed by atoms with Crippen molar-refractivity contribution in [2.75, 3.05) is 18.0 Å². The third-order valence-corrected chi connectivity index (χ3v) is 4.00. The standard InChI is InChI=1S/C14H19FN2OS/c1-9(18)10-5-7-17(8-6-10)12-4-2-3-11(15)13(12)14(16)19/h2-4,9-10,18H,5-8H2,1H3,(H2,16,19). The van der Waals surface area contributed by atoms with Crippen molar-refractivity contribution in [2.45, 2.75) is 25.9 Å². The van der Waals surface area contributed by atoms with Gasteiger partial charge in [-0.15, -0.1) is 0 Å². The summed E-state index contributed by atoms with van der Waals surface area (Å²) in [4.78, 5) is 2.18. The molecule has 0 radical (unpaired) electrons. The molecule has 1 fully saturated rings. The largest absolute Gasteiger partial charge is 0.393 e. The van der Waals surface area contributed by atoms with E-state index in [9.17, 15) is 9.50 Å². The van der Waals surface area contributed by atoms with E-state index in [2.05, 4.69) is 4.90 Å². The van der Waals surface area contributed by atoms with Gasteiger partial charge < -0.3 is 15.7 Å². The van der Waals surface area contributed by atoms with Crippen LogP contribution in [0, 0.1) is 11.7 Å². The van der Waals surface area contributed by atoms with Gasteiger partial charge in [-0.05, 0) is 37.8 Å². The quantitative estimate of drug-likeness (QED) is 0.833. The highest BCUT2D eigenvalue weighted by molar-refractivity contribution is 7.80. The fourth-order valence-electron chi connectivity index (χ4n) is 2.64. The number of piperidine rings is 1.